The van der Waals surface area contributed by atoms with E-state index < -0.39 is 0 Å². The first-order valence-corrected chi connectivity index (χ1v) is 11.9. The van der Waals surface area contributed by atoms with Crippen molar-refractivity contribution >= 4 is 28.8 Å². The van der Waals surface area contributed by atoms with Crippen LogP contribution in [0.15, 0.2) is 59.4 Å². The lowest BCUT2D eigenvalue weighted by Crippen LogP contribution is -2.44. The van der Waals surface area contributed by atoms with E-state index in [1.807, 2.05) is 45.5 Å². The molecule has 0 saturated carbocycles. The summed E-state index contributed by atoms with van der Waals surface area (Å²) in [5.74, 6) is 0.897. The van der Waals surface area contributed by atoms with Gasteiger partial charge in [0.2, 0.25) is 5.91 Å². The van der Waals surface area contributed by atoms with Gasteiger partial charge in [-0.25, -0.2) is 4.98 Å². The van der Waals surface area contributed by atoms with Crippen molar-refractivity contribution in [2.75, 3.05) is 24.5 Å². The van der Waals surface area contributed by atoms with Crippen molar-refractivity contribution in [1.29, 1.82) is 0 Å². The highest BCUT2D eigenvalue weighted by Gasteiger charge is 2.33. The van der Waals surface area contributed by atoms with Crippen molar-refractivity contribution in [2.45, 2.75) is 25.9 Å². The molecule has 2 aliphatic rings. The molecule has 2 aliphatic heterocycles. The van der Waals surface area contributed by atoms with Crippen molar-refractivity contribution < 1.29 is 14.3 Å². The van der Waals surface area contributed by atoms with E-state index in [4.69, 9.17) is 4.74 Å². The number of para-hydroxylation sites is 1. The Hall–Kier alpha value is -3.19. The van der Waals surface area contributed by atoms with E-state index in [2.05, 4.69) is 11.1 Å². The molecular formula is C25H25N3O3S. The van der Waals surface area contributed by atoms with Crippen molar-refractivity contribution in [2.24, 2.45) is 5.92 Å². The molecule has 164 valence electrons. The summed E-state index contributed by atoms with van der Waals surface area (Å²) in [5.41, 5.74) is 5.61. The summed E-state index contributed by atoms with van der Waals surface area (Å²) in [4.78, 5) is 34.0. The van der Waals surface area contributed by atoms with Crippen LogP contribution in [0.4, 0.5) is 5.69 Å². The molecule has 0 spiro atoms. The molecule has 6 nitrogen and oxygen atoms in total. The smallest absolute Gasteiger partial charge is 0.253 e. The van der Waals surface area contributed by atoms with Crippen LogP contribution in [0.2, 0.25) is 0 Å². The minimum atomic E-state index is -0.0216. The van der Waals surface area contributed by atoms with Crippen LogP contribution < -0.4 is 9.64 Å². The quantitative estimate of drug-likeness (QED) is 0.589. The Morgan fingerprint density at radius 2 is 1.81 bits per heavy atom. The predicted octanol–water partition coefficient (Wildman–Crippen LogP) is 4.16. The molecule has 0 atom stereocenters. The summed E-state index contributed by atoms with van der Waals surface area (Å²) >= 11 is 1.54. The van der Waals surface area contributed by atoms with Crippen LogP contribution in [0.25, 0.3) is 0 Å². The number of likely N-dealkylation sites (tertiary alicyclic amines) is 1. The van der Waals surface area contributed by atoms with Gasteiger partial charge in [-0.1, -0.05) is 18.2 Å². The molecule has 3 aromatic rings. The summed E-state index contributed by atoms with van der Waals surface area (Å²) in [6, 6.07) is 15.4. The number of rotatable bonds is 5. The Bertz CT molecular complexity index is 1090. The molecule has 2 aromatic carbocycles. The number of benzene rings is 2. The minimum absolute atomic E-state index is 0.00784. The van der Waals surface area contributed by atoms with E-state index in [1.165, 1.54) is 16.9 Å². The molecule has 0 aliphatic carbocycles. The highest BCUT2D eigenvalue weighted by molar-refractivity contribution is 7.07. The highest BCUT2D eigenvalue weighted by Crippen LogP contribution is 2.31. The van der Waals surface area contributed by atoms with Gasteiger partial charge < -0.3 is 14.5 Å². The number of amides is 2. The average Bonchev–Trinajstić information content (AvgIpc) is 3.52. The third-order valence-electron chi connectivity index (χ3n) is 6.26. The highest BCUT2D eigenvalue weighted by atomic mass is 32.1. The Balaban J connectivity index is 1.15. The summed E-state index contributed by atoms with van der Waals surface area (Å²) in [6.45, 7) is 2.38. The number of carbonyl (C=O) groups is 2. The Morgan fingerprint density at radius 3 is 2.56 bits per heavy atom. The van der Waals surface area contributed by atoms with Crippen LogP contribution in [-0.2, 0) is 17.8 Å². The van der Waals surface area contributed by atoms with Crippen LogP contribution in [-0.4, -0.2) is 41.3 Å². The molecule has 1 aromatic heterocycles. The summed E-state index contributed by atoms with van der Waals surface area (Å²) in [7, 11) is 0. The van der Waals surface area contributed by atoms with Gasteiger partial charge in [-0.3, -0.25) is 9.59 Å². The summed E-state index contributed by atoms with van der Waals surface area (Å²) in [6.07, 6.45) is 2.33. The molecule has 0 N–H and O–H groups in total. The zero-order chi connectivity index (χ0) is 21.9. The van der Waals surface area contributed by atoms with Crippen LogP contribution in [0.3, 0.4) is 0 Å². The lowest BCUT2D eigenvalue weighted by atomic mass is 9.94. The largest absolute Gasteiger partial charge is 0.487 e. The molecule has 7 heteroatoms. The molecule has 5 rings (SSSR count). The molecule has 32 heavy (non-hydrogen) atoms. The van der Waals surface area contributed by atoms with Gasteiger partial charge in [-0.2, -0.15) is 0 Å². The molecule has 1 fully saturated rings. The topological polar surface area (TPSA) is 62.7 Å². The van der Waals surface area contributed by atoms with E-state index in [-0.39, 0.29) is 17.7 Å². The van der Waals surface area contributed by atoms with Gasteiger partial charge in [0, 0.05) is 42.2 Å². The summed E-state index contributed by atoms with van der Waals surface area (Å²) in [5, 5.41) is 1.95. The van der Waals surface area contributed by atoms with Gasteiger partial charge in [0.1, 0.15) is 12.4 Å². The molecule has 0 unspecified atom stereocenters. The first-order valence-electron chi connectivity index (χ1n) is 11.0. The van der Waals surface area contributed by atoms with E-state index in [0.717, 1.165) is 24.3 Å². The monoisotopic (exact) mass is 447 g/mol. The van der Waals surface area contributed by atoms with Crippen LogP contribution >= 0.6 is 11.3 Å². The van der Waals surface area contributed by atoms with Crippen LogP contribution in [0, 0.1) is 5.92 Å². The average molecular weight is 448 g/mol. The fraction of sp³-hybridized carbons (Fsp3) is 0.320. The molecule has 2 amide bonds. The number of carbonyl (C=O) groups excluding carboxylic acids is 2. The van der Waals surface area contributed by atoms with Gasteiger partial charge in [-0.05, 0) is 55.2 Å². The molecule has 0 radical (unpaired) electrons. The van der Waals surface area contributed by atoms with Gasteiger partial charge in [-0.15, -0.1) is 11.3 Å². The van der Waals surface area contributed by atoms with Crippen LogP contribution in [0.1, 0.15) is 34.5 Å². The van der Waals surface area contributed by atoms with Crippen molar-refractivity contribution in [3.8, 4) is 5.75 Å². The van der Waals surface area contributed by atoms with Gasteiger partial charge in [0.15, 0.2) is 0 Å². The molecule has 1 saturated heterocycles. The maximum Gasteiger partial charge on any atom is 0.253 e. The zero-order valence-electron chi connectivity index (χ0n) is 17.8. The van der Waals surface area contributed by atoms with Crippen molar-refractivity contribution in [1.82, 2.24) is 9.88 Å². The number of fused-ring (bicyclic) bond motifs is 1. The number of thiazole rings is 1. The first kappa shape index (κ1) is 20.7. The number of aromatic nitrogens is 1. The third-order valence-corrected chi connectivity index (χ3v) is 6.89. The predicted molar refractivity (Wildman–Crippen MR) is 124 cm³/mol. The minimum Gasteiger partial charge on any atom is -0.487 e. The maximum absolute atomic E-state index is 13.1. The van der Waals surface area contributed by atoms with E-state index >= 15 is 0 Å². The number of hydrogen-bond acceptors (Lipinski definition) is 5. The SMILES string of the molecule is O=C(c1ccc(OCc2cscn2)cc1)N1CCC(C(=O)N2CCc3ccccc32)CC1. The fourth-order valence-corrected chi connectivity index (χ4v) is 5.00. The second-order valence-electron chi connectivity index (χ2n) is 8.23. The normalized spacial score (nSPS) is 16.1. The first-order chi connectivity index (χ1) is 15.7. The van der Waals surface area contributed by atoms with E-state index in [1.54, 1.807) is 17.6 Å². The van der Waals surface area contributed by atoms with E-state index in [0.29, 0.717) is 43.9 Å². The Morgan fingerprint density at radius 1 is 1.03 bits per heavy atom. The van der Waals surface area contributed by atoms with Crippen LogP contribution in [0.5, 0.6) is 5.75 Å². The van der Waals surface area contributed by atoms with Gasteiger partial charge in [0.05, 0.1) is 11.2 Å². The number of piperidine rings is 1. The van der Waals surface area contributed by atoms with Gasteiger partial charge >= 0.3 is 0 Å². The molecule has 3 heterocycles. The number of anilines is 1. The second kappa shape index (κ2) is 9.12. The number of nitrogens with zero attached hydrogens (tertiary/aromatic N) is 3. The second-order valence-corrected chi connectivity index (χ2v) is 8.95. The zero-order valence-corrected chi connectivity index (χ0v) is 18.6. The molecular weight excluding hydrogens is 422 g/mol. The standard InChI is InChI=1S/C25H25N3O3S/c29-24(19-5-7-22(8-6-19)31-15-21-16-32-17-26-21)27-12-9-20(10-13-27)25(30)28-14-11-18-3-1-2-4-23(18)28/h1-8,16-17,20H,9-15H2. The van der Waals surface area contributed by atoms with Crippen molar-refractivity contribution in [3.63, 3.8) is 0 Å². The number of hydrogen-bond donors (Lipinski definition) is 0. The van der Waals surface area contributed by atoms with Crippen molar-refractivity contribution in [3.05, 3.63) is 76.2 Å². The lowest BCUT2D eigenvalue weighted by Gasteiger charge is -2.33. The summed E-state index contributed by atoms with van der Waals surface area (Å²) < 4.78 is 5.72. The van der Waals surface area contributed by atoms with E-state index in [9.17, 15) is 9.59 Å². The Labute approximate surface area is 191 Å². The lowest BCUT2D eigenvalue weighted by molar-refractivity contribution is -0.123. The molecule has 0 bridgehead atoms. The van der Waals surface area contributed by atoms with Gasteiger partial charge in [0.25, 0.3) is 5.91 Å². The fourth-order valence-electron chi connectivity index (χ4n) is 4.46. The number of ether oxygens (including phenoxy) is 1. The third kappa shape index (κ3) is 4.25. The Kier molecular flexibility index (Phi) is 5.90. The maximum atomic E-state index is 13.1.